The van der Waals surface area contributed by atoms with Gasteiger partial charge in [0.1, 0.15) is 5.52 Å². The van der Waals surface area contributed by atoms with E-state index < -0.39 is 11.9 Å². The van der Waals surface area contributed by atoms with Gasteiger partial charge in [-0.25, -0.2) is 4.79 Å². The first-order valence-electron chi connectivity index (χ1n) is 12.4. The number of rotatable bonds is 15. The molecule has 2 heterocycles. The summed E-state index contributed by atoms with van der Waals surface area (Å²) in [6.45, 7) is 6.47. The van der Waals surface area contributed by atoms with Gasteiger partial charge in [-0.3, -0.25) is 14.3 Å². The molecule has 5 N–H and O–H groups in total. The molecule has 0 amide bonds. The number of unbranched alkanes of at least 4 members (excludes halogenated alkanes) is 2. The van der Waals surface area contributed by atoms with Crippen LogP contribution in [0.2, 0.25) is 0 Å². The molecule has 0 aliphatic carbocycles. The number of aromatic amines is 1. The van der Waals surface area contributed by atoms with Crippen LogP contribution in [-0.4, -0.2) is 66.9 Å². The molecule has 0 radical (unpaired) electrons. The number of imidazole rings is 1. The van der Waals surface area contributed by atoms with Crippen LogP contribution < -0.4 is 16.2 Å². The third kappa shape index (κ3) is 7.05. The van der Waals surface area contributed by atoms with Crippen molar-refractivity contribution in [2.45, 2.75) is 58.5 Å². The van der Waals surface area contributed by atoms with Crippen molar-refractivity contribution in [2.75, 3.05) is 32.0 Å². The molecule has 0 saturated heterocycles. The Kier molecular flexibility index (Phi) is 9.83. The molecular formula is C25H36N6O5. The number of aryl methyl sites for hydroxylation is 1. The Labute approximate surface area is 209 Å². The molecule has 0 spiro atoms. The maximum Gasteiger partial charge on any atom is 0.327 e. The summed E-state index contributed by atoms with van der Waals surface area (Å²) in [4.78, 5) is 37.2. The molecule has 0 bridgehead atoms. The molecule has 0 saturated carbocycles. The van der Waals surface area contributed by atoms with Crippen LogP contribution in [0, 0.1) is 0 Å². The van der Waals surface area contributed by atoms with Crippen LogP contribution in [0.15, 0.2) is 29.1 Å². The number of nitrogens with two attached hydrogens (primary N) is 1. The van der Waals surface area contributed by atoms with Gasteiger partial charge in [-0.1, -0.05) is 37.6 Å². The number of nitrogens with one attached hydrogen (secondary N) is 1. The highest BCUT2D eigenvalue weighted by Gasteiger charge is 2.16. The molecule has 0 aliphatic heterocycles. The molecule has 0 aliphatic rings. The lowest BCUT2D eigenvalue weighted by atomic mass is 9.99. The van der Waals surface area contributed by atoms with Gasteiger partial charge in [0.05, 0.1) is 19.1 Å². The van der Waals surface area contributed by atoms with Gasteiger partial charge in [0.2, 0.25) is 0 Å². The second kappa shape index (κ2) is 13.0. The summed E-state index contributed by atoms with van der Waals surface area (Å²) in [5.41, 5.74) is 8.29. The summed E-state index contributed by atoms with van der Waals surface area (Å²) in [5.74, 6) is -1.27. The Morgan fingerprint density at radius 2 is 2.06 bits per heavy atom. The number of carboxylic acids is 1. The summed E-state index contributed by atoms with van der Waals surface area (Å²) in [6.07, 6.45) is 3.34. The van der Waals surface area contributed by atoms with Crippen LogP contribution in [0.1, 0.15) is 56.6 Å². The molecule has 1 aromatic carbocycles. The molecule has 11 heteroatoms. The number of aromatic nitrogens is 4. The minimum Gasteiger partial charge on any atom is -0.481 e. The molecule has 2 aromatic heterocycles. The number of nitrogen functional groups attached to an aromatic ring is 1. The normalized spacial score (nSPS) is 12.3. The van der Waals surface area contributed by atoms with Crippen molar-refractivity contribution < 1.29 is 19.7 Å². The molecule has 0 fully saturated rings. The van der Waals surface area contributed by atoms with Crippen molar-refractivity contribution in [3.05, 3.63) is 45.9 Å². The average Bonchev–Trinajstić information content (AvgIpc) is 3.17. The number of nitrogens with zero attached hydrogens (tertiary/aromatic N) is 4. The number of fused-ring (bicyclic) bond motifs is 1. The lowest BCUT2D eigenvalue weighted by Crippen LogP contribution is -2.28. The van der Waals surface area contributed by atoms with Crippen molar-refractivity contribution in [3.63, 3.8) is 0 Å². The van der Waals surface area contributed by atoms with E-state index in [4.69, 9.17) is 10.5 Å². The van der Waals surface area contributed by atoms with Gasteiger partial charge in [0, 0.05) is 19.6 Å². The lowest BCUT2D eigenvalue weighted by Gasteiger charge is -2.22. The number of aliphatic carboxylic acids is 1. The van der Waals surface area contributed by atoms with Crippen LogP contribution >= 0.6 is 0 Å². The van der Waals surface area contributed by atoms with Crippen molar-refractivity contribution >= 4 is 23.0 Å². The maximum atomic E-state index is 12.5. The first-order chi connectivity index (χ1) is 17.3. The number of H-pyrrole nitrogens is 1. The standard InChI is InChI=1S/C25H36N6O5/c1-3-4-14-36-24-28-21(26)20-22(29-24)31(25(35)27-20)11-6-5-10-30(12-13-32)16-18-8-7-9-19(15-18)17(2)23(33)34/h7-9,15,17,32H,3-6,10-14,16H2,1-2H3,(H,27,35)(H,33,34)(H2,26,28,29). The van der Waals surface area contributed by atoms with Gasteiger partial charge in [-0.15, -0.1) is 0 Å². The molecule has 3 rings (SSSR count). The Morgan fingerprint density at radius 1 is 1.25 bits per heavy atom. The molecule has 1 atom stereocenters. The molecule has 36 heavy (non-hydrogen) atoms. The first kappa shape index (κ1) is 27.2. The van der Waals surface area contributed by atoms with Gasteiger partial charge in [-0.05, 0) is 43.9 Å². The van der Waals surface area contributed by atoms with E-state index in [2.05, 4.69) is 26.8 Å². The van der Waals surface area contributed by atoms with Gasteiger partial charge in [0.15, 0.2) is 11.5 Å². The van der Waals surface area contributed by atoms with Crippen molar-refractivity contribution in [3.8, 4) is 6.01 Å². The predicted octanol–water partition coefficient (Wildman–Crippen LogP) is 2.34. The summed E-state index contributed by atoms with van der Waals surface area (Å²) in [5, 5.41) is 18.8. The SMILES string of the molecule is CCCCOc1nc(N)c2[nH]c(=O)n(CCCCN(CCO)Cc3cccc(C(C)C(=O)O)c3)c2n1. The zero-order valence-electron chi connectivity index (χ0n) is 20.9. The smallest absolute Gasteiger partial charge is 0.327 e. The van der Waals surface area contributed by atoms with Crippen molar-refractivity contribution in [2.24, 2.45) is 0 Å². The van der Waals surface area contributed by atoms with Crippen LogP contribution in [0.5, 0.6) is 6.01 Å². The van der Waals surface area contributed by atoms with Gasteiger partial charge in [0.25, 0.3) is 0 Å². The van der Waals surface area contributed by atoms with Crippen LogP contribution in [0.3, 0.4) is 0 Å². The summed E-state index contributed by atoms with van der Waals surface area (Å²) in [7, 11) is 0. The number of carbonyl (C=O) groups is 1. The number of carboxylic acid groups (broad SMARTS) is 1. The highest BCUT2D eigenvalue weighted by atomic mass is 16.5. The summed E-state index contributed by atoms with van der Waals surface area (Å²) >= 11 is 0. The Hall–Kier alpha value is -3.44. The fraction of sp³-hybridized carbons (Fsp3) is 0.520. The molecular weight excluding hydrogens is 464 g/mol. The summed E-state index contributed by atoms with van der Waals surface area (Å²) in [6, 6.07) is 7.69. The monoisotopic (exact) mass is 500 g/mol. The number of hydrogen-bond donors (Lipinski definition) is 4. The van der Waals surface area contributed by atoms with Gasteiger partial charge < -0.3 is 25.7 Å². The number of benzene rings is 1. The Bertz CT molecular complexity index is 1210. The van der Waals surface area contributed by atoms with Gasteiger partial charge >= 0.3 is 17.7 Å². The Balaban J connectivity index is 1.62. The zero-order chi connectivity index (χ0) is 26.1. The largest absolute Gasteiger partial charge is 0.481 e. The quantitative estimate of drug-likeness (QED) is 0.230. The fourth-order valence-electron chi connectivity index (χ4n) is 3.99. The average molecular weight is 501 g/mol. The third-order valence-electron chi connectivity index (χ3n) is 6.11. The highest BCUT2D eigenvalue weighted by Crippen LogP contribution is 2.19. The van der Waals surface area contributed by atoms with E-state index in [0.29, 0.717) is 50.4 Å². The molecule has 3 aromatic rings. The van der Waals surface area contributed by atoms with E-state index >= 15 is 0 Å². The van der Waals surface area contributed by atoms with E-state index in [-0.39, 0.29) is 24.1 Å². The second-order valence-corrected chi connectivity index (χ2v) is 8.89. The van der Waals surface area contributed by atoms with E-state index in [9.17, 15) is 19.8 Å². The minimum atomic E-state index is -0.862. The topological polar surface area (TPSA) is 160 Å². The Morgan fingerprint density at radius 3 is 2.78 bits per heavy atom. The van der Waals surface area contributed by atoms with Crippen LogP contribution in [0.25, 0.3) is 11.2 Å². The van der Waals surface area contributed by atoms with Crippen molar-refractivity contribution in [1.82, 2.24) is 24.4 Å². The zero-order valence-corrected chi connectivity index (χ0v) is 20.9. The predicted molar refractivity (Wildman–Crippen MR) is 137 cm³/mol. The van der Waals surface area contributed by atoms with Crippen molar-refractivity contribution in [1.29, 1.82) is 0 Å². The lowest BCUT2D eigenvalue weighted by molar-refractivity contribution is -0.138. The maximum absolute atomic E-state index is 12.5. The van der Waals surface area contributed by atoms with Crippen LogP contribution in [-0.2, 0) is 17.9 Å². The van der Waals surface area contributed by atoms with Gasteiger partial charge in [-0.2, -0.15) is 9.97 Å². The second-order valence-electron chi connectivity index (χ2n) is 8.89. The molecule has 11 nitrogen and oxygen atoms in total. The molecule has 1 unspecified atom stereocenters. The highest BCUT2D eigenvalue weighted by molar-refractivity contribution is 5.81. The first-order valence-corrected chi connectivity index (χ1v) is 12.4. The van der Waals surface area contributed by atoms with E-state index in [0.717, 1.165) is 30.4 Å². The van der Waals surface area contributed by atoms with Crippen LogP contribution in [0.4, 0.5) is 5.82 Å². The fourth-order valence-corrected chi connectivity index (χ4v) is 3.99. The minimum absolute atomic E-state index is 0.0180. The summed E-state index contributed by atoms with van der Waals surface area (Å²) < 4.78 is 7.13. The third-order valence-corrected chi connectivity index (χ3v) is 6.11. The molecule has 196 valence electrons. The van der Waals surface area contributed by atoms with E-state index in [1.54, 1.807) is 11.5 Å². The number of ether oxygens (including phenoxy) is 1. The van der Waals surface area contributed by atoms with E-state index in [1.807, 2.05) is 24.3 Å². The number of anilines is 1. The van der Waals surface area contributed by atoms with E-state index in [1.165, 1.54) is 0 Å². The number of hydrogen-bond acceptors (Lipinski definition) is 8. The number of aliphatic hydroxyl groups is 1. The number of aliphatic hydroxyl groups excluding tert-OH is 1.